The molecule has 1 fully saturated rings. The third kappa shape index (κ3) is 3.33. The first kappa shape index (κ1) is 12.7. The van der Waals surface area contributed by atoms with E-state index in [9.17, 15) is 0 Å². The van der Waals surface area contributed by atoms with E-state index in [1.54, 1.807) is 0 Å². The SMILES string of the molecule is CCCNC(c1ccc(C)o1)C1CCCOC1. The minimum atomic E-state index is 0.309. The van der Waals surface area contributed by atoms with Crippen LogP contribution in [0.1, 0.15) is 43.7 Å². The summed E-state index contributed by atoms with van der Waals surface area (Å²) in [4.78, 5) is 0. The van der Waals surface area contributed by atoms with Gasteiger partial charge in [-0.2, -0.15) is 0 Å². The predicted octanol–water partition coefficient (Wildman–Crippen LogP) is 3.06. The van der Waals surface area contributed by atoms with Crippen LogP contribution in [0, 0.1) is 12.8 Å². The lowest BCUT2D eigenvalue weighted by atomic mass is 9.92. The van der Waals surface area contributed by atoms with Crippen molar-refractivity contribution in [2.75, 3.05) is 19.8 Å². The van der Waals surface area contributed by atoms with E-state index < -0.39 is 0 Å². The van der Waals surface area contributed by atoms with Crippen molar-refractivity contribution < 1.29 is 9.15 Å². The molecule has 1 aliphatic heterocycles. The third-order valence-electron chi connectivity index (χ3n) is 3.35. The Morgan fingerprint density at radius 3 is 2.94 bits per heavy atom. The fraction of sp³-hybridized carbons (Fsp3) is 0.714. The second kappa shape index (κ2) is 6.22. The van der Waals surface area contributed by atoms with Crippen LogP contribution in [-0.4, -0.2) is 19.8 Å². The Morgan fingerprint density at radius 1 is 1.47 bits per heavy atom. The van der Waals surface area contributed by atoms with Gasteiger partial charge in [0.15, 0.2) is 0 Å². The Bertz CT molecular complexity index is 329. The number of nitrogens with one attached hydrogen (secondary N) is 1. The first-order valence-corrected chi connectivity index (χ1v) is 6.68. The van der Waals surface area contributed by atoms with Gasteiger partial charge < -0.3 is 14.5 Å². The third-order valence-corrected chi connectivity index (χ3v) is 3.35. The van der Waals surface area contributed by atoms with Gasteiger partial charge in [0.1, 0.15) is 11.5 Å². The van der Waals surface area contributed by atoms with E-state index in [-0.39, 0.29) is 0 Å². The van der Waals surface area contributed by atoms with Crippen LogP contribution in [0.4, 0.5) is 0 Å². The van der Waals surface area contributed by atoms with Gasteiger partial charge in [0.05, 0.1) is 12.6 Å². The van der Waals surface area contributed by atoms with Crippen molar-refractivity contribution in [3.05, 3.63) is 23.7 Å². The predicted molar refractivity (Wildman–Crippen MR) is 68.0 cm³/mol. The molecule has 3 nitrogen and oxygen atoms in total. The summed E-state index contributed by atoms with van der Waals surface area (Å²) >= 11 is 0. The second-order valence-corrected chi connectivity index (χ2v) is 4.86. The van der Waals surface area contributed by atoms with Crippen molar-refractivity contribution >= 4 is 0 Å². The van der Waals surface area contributed by atoms with E-state index in [1.165, 1.54) is 6.42 Å². The Morgan fingerprint density at radius 2 is 2.35 bits per heavy atom. The highest BCUT2D eigenvalue weighted by Gasteiger charge is 2.27. The molecular formula is C14H23NO2. The van der Waals surface area contributed by atoms with Gasteiger partial charge in [0.25, 0.3) is 0 Å². The van der Waals surface area contributed by atoms with Gasteiger partial charge in [0.2, 0.25) is 0 Å². The average molecular weight is 237 g/mol. The fourth-order valence-corrected chi connectivity index (χ4v) is 2.45. The lowest BCUT2D eigenvalue weighted by molar-refractivity contribution is 0.0354. The maximum atomic E-state index is 5.78. The minimum absolute atomic E-state index is 0.309. The molecule has 0 aromatic carbocycles. The largest absolute Gasteiger partial charge is 0.465 e. The van der Waals surface area contributed by atoms with Crippen LogP contribution in [0.25, 0.3) is 0 Å². The molecule has 1 aromatic heterocycles. The zero-order valence-electron chi connectivity index (χ0n) is 10.9. The zero-order chi connectivity index (χ0) is 12.1. The maximum Gasteiger partial charge on any atom is 0.121 e. The van der Waals surface area contributed by atoms with Crippen molar-refractivity contribution in [1.82, 2.24) is 5.32 Å². The summed E-state index contributed by atoms with van der Waals surface area (Å²) in [6.07, 6.45) is 3.53. The molecule has 1 aliphatic rings. The molecule has 1 N–H and O–H groups in total. The van der Waals surface area contributed by atoms with Crippen LogP contribution in [0.2, 0.25) is 0 Å². The number of rotatable bonds is 5. The van der Waals surface area contributed by atoms with E-state index in [2.05, 4.69) is 18.3 Å². The molecule has 17 heavy (non-hydrogen) atoms. The number of hydrogen-bond donors (Lipinski definition) is 1. The zero-order valence-corrected chi connectivity index (χ0v) is 10.9. The molecule has 2 unspecified atom stereocenters. The molecule has 0 bridgehead atoms. The number of ether oxygens (including phenoxy) is 1. The standard InChI is InChI=1S/C14H23NO2/c1-3-8-15-14(12-5-4-9-16-10-12)13-7-6-11(2)17-13/h6-7,12,14-15H,3-5,8-10H2,1-2H3. The van der Waals surface area contributed by atoms with Gasteiger partial charge in [0, 0.05) is 12.5 Å². The molecule has 0 aliphatic carbocycles. The molecule has 3 heteroatoms. The van der Waals surface area contributed by atoms with Crippen molar-refractivity contribution in [2.45, 2.75) is 39.2 Å². The molecule has 0 saturated carbocycles. The van der Waals surface area contributed by atoms with Gasteiger partial charge in [-0.15, -0.1) is 0 Å². The first-order valence-electron chi connectivity index (χ1n) is 6.68. The highest BCUT2D eigenvalue weighted by Crippen LogP contribution is 2.29. The highest BCUT2D eigenvalue weighted by atomic mass is 16.5. The molecule has 2 rings (SSSR count). The van der Waals surface area contributed by atoms with E-state index in [1.807, 2.05) is 13.0 Å². The van der Waals surface area contributed by atoms with Crippen molar-refractivity contribution in [3.8, 4) is 0 Å². The van der Waals surface area contributed by atoms with E-state index in [0.29, 0.717) is 12.0 Å². The monoisotopic (exact) mass is 237 g/mol. The molecule has 2 heterocycles. The van der Waals surface area contributed by atoms with Gasteiger partial charge in [-0.3, -0.25) is 0 Å². The Labute approximate surface area is 104 Å². The van der Waals surface area contributed by atoms with Gasteiger partial charge >= 0.3 is 0 Å². The average Bonchev–Trinajstić information content (AvgIpc) is 2.78. The van der Waals surface area contributed by atoms with Crippen LogP contribution in [0.15, 0.2) is 16.5 Å². The molecule has 0 radical (unpaired) electrons. The fourth-order valence-electron chi connectivity index (χ4n) is 2.45. The maximum absolute atomic E-state index is 5.78. The van der Waals surface area contributed by atoms with E-state index in [4.69, 9.17) is 9.15 Å². The molecular weight excluding hydrogens is 214 g/mol. The number of aryl methyl sites for hydroxylation is 1. The van der Waals surface area contributed by atoms with Gasteiger partial charge in [-0.05, 0) is 44.9 Å². The lowest BCUT2D eigenvalue weighted by Gasteiger charge is -2.29. The molecule has 0 spiro atoms. The van der Waals surface area contributed by atoms with Crippen LogP contribution < -0.4 is 5.32 Å². The summed E-state index contributed by atoms with van der Waals surface area (Å²) in [7, 11) is 0. The summed E-state index contributed by atoms with van der Waals surface area (Å²) in [5, 5.41) is 3.60. The van der Waals surface area contributed by atoms with E-state index >= 15 is 0 Å². The number of hydrogen-bond acceptors (Lipinski definition) is 3. The summed E-state index contributed by atoms with van der Waals surface area (Å²) in [5.74, 6) is 2.59. The highest BCUT2D eigenvalue weighted by molar-refractivity contribution is 5.11. The van der Waals surface area contributed by atoms with E-state index in [0.717, 1.165) is 44.1 Å². The summed E-state index contributed by atoms with van der Waals surface area (Å²) in [6, 6.07) is 4.45. The molecule has 0 amide bonds. The van der Waals surface area contributed by atoms with Crippen molar-refractivity contribution in [3.63, 3.8) is 0 Å². The minimum Gasteiger partial charge on any atom is -0.465 e. The van der Waals surface area contributed by atoms with Gasteiger partial charge in [-0.25, -0.2) is 0 Å². The normalized spacial score (nSPS) is 22.6. The second-order valence-electron chi connectivity index (χ2n) is 4.86. The van der Waals surface area contributed by atoms with Crippen LogP contribution in [0.5, 0.6) is 0 Å². The molecule has 96 valence electrons. The van der Waals surface area contributed by atoms with Crippen LogP contribution >= 0.6 is 0 Å². The van der Waals surface area contributed by atoms with Crippen molar-refractivity contribution in [1.29, 1.82) is 0 Å². The topological polar surface area (TPSA) is 34.4 Å². The van der Waals surface area contributed by atoms with Crippen molar-refractivity contribution in [2.24, 2.45) is 5.92 Å². The Balaban J connectivity index is 2.06. The smallest absolute Gasteiger partial charge is 0.121 e. The molecule has 2 atom stereocenters. The quantitative estimate of drug-likeness (QED) is 0.854. The lowest BCUT2D eigenvalue weighted by Crippen LogP contribution is -2.33. The Hall–Kier alpha value is -0.800. The Kier molecular flexibility index (Phi) is 4.63. The molecule has 1 saturated heterocycles. The van der Waals surface area contributed by atoms with Crippen LogP contribution in [-0.2, 0) is 4.74 Å². The van der Waals surface area contributed by atoms with Gasteiger partial charge in [-0.1, -0.05) is 6.92 Å². The summed E-state index contributed by atoms with van der Waals surface area (Å²) < 4.78 is 11.4. The molecule has 1 aromatic rings. The summed E-state index contributed by atoms with van der Waals surface area (Å²) in [6.45, 7) is 6.97. The first-order chi connectivity index (χ1) is 8.31. The van der Waals surface area contributed by atoms with Crippen LogP contribution in [0.3, 0.4) is 0 Å². The summed E-state index contributed by atoms with van der Waals surface area (Å²) in [5.41, 5.74) is 0. The number of furan rings is 1.